The van der Waals surface area contributed by atoms with E-state index in [1.54, 1.807) is 30.3 Å². The summed E-state index contributed by atoms with van der Waals surface area (Å²) in [6.45, 7) is 3.84. The maximum absolute atomic E-state index is 13.0. The maximum atomic E-state index is 13.0. The van der Waals surface area contributed by atoms with Crippen LogP contribution < -0.4 is 4.74 Å². The van der Waals surface area contributed by atoms with Gasteiger partial charge in [-0.3, -0.25) is 4.79 Å². The molecule has 152 valence electrons. The van der Waals surface area contributed by atoms with Gasteiger partial charge in [-0.05, 0) is 41.8 Å². The monoisotopic (exact) mass is 419 g/mol. The third kappa shape index (κ3) is 5.20. The summed E-state index contributed by atoms with van der Waals surface area (Å²) >= 11 is 6.30. The Balaban J connectivity index is 1.81. The molecule has 0 aromatic heterocycles. The van der Waals surface area contributed by atoms with E-state index in [0.717, 1.165) is 0 Å². The SMILES string of the molecule is CC(C)[C@H](C(=O)O[C@H](C#N)c1cccc(Oc2ccccc2)c1)c1ccccc1Cl. The van der Waals surface area contributed by atoms with Crippen LogP contribution in [0.5, 0.6) is 11.5 Å². The summed E-state index contributed by atoms with van der Waals surface area (Å²) in [5.74, 6) is 0.127. The number of nitrogens with zero attached hydrogens (tertiary/aromatic N) is 1. The van der Waals surface area contributed by atoms with Crippen molar-refractivity contribution in [3.05, 3.63) is 95.0 Å². The first-order valence-corrected chi connectivity index (χ1v) is 10.0. The molecule has 0 aliphatic rings. The molecule has 0 saturated carbocycles. The number of rotatable bonds is 7. The molecule has 2 atom stereocenters. The lowest BCUT2D eigenvalue weighted by Crippen LogP contribution is -2.23. The largest absolute Gasteiger partial charge is 0.457 e. The zero-order valence-electron chi connectivity index (χ0n) is 16.8. The molecular formula is C25H22ClNO3. The maximum Gasteiger partial charge on any atom is 0.315 e. The Hall–Kier alpha value is -3.29. The van der Waals surface area contributed by atoms with Crippen molar-refractivity contribution < 1.29 is 14.3 Å². The van der Waals surface area contributed by atoms with Crippen LogP contribution >= 0.6 is 11.6 Å². The number of para-hydroxylation sites is 1. The van der Waals surface area contributed by atoms with Crippen LogP contribution in [-0.4, -0.2) is 5.97 Å². The third-order valence-electron chi connectivity index (χ3n) is 4.65. The molecule has 0 radical (unpaired) electrons. The van der Waals surface area contributed by atoms with Crippen LogP contribution in [0.4, 0.5) is 0 Å². The van der Waals surface area contributed by atoms with Gasteiger partial charge in [-0.15, -0.1) is 0 Å². The first kappa shape index (κ1) is 21.4. The Morgan fingerprint density at radius 2 is 1.60 bits per heavy atom. The second-order valence-corrected chi connectivity index (χ2v) is 7.58. The summed E-state index contributed by atoms with van der Waals surface area (Å²) in [6.07, 6.45) is -1.06. The van der Waals surface area contributed by atoms with Gasteiger partial charge in [0.1, 0.15) is 17.6 Å². The van der Waals surface area contributed by atoms with Crippen molar-refractivity contribution in [1.29, 1.82) is 5.26 Å². The van der Waals surface area contributed by atoms with Gasteiger partial charge in [0.2, 0.25) is 6.10 Å². The van der Waals surface area contributed by atoms with Crippen LogP contribution in [0.25, 0.3) is 0 Å². The first-order valence-electron chi connectivity index (χ1n) is 9.67. The Labute approximate surface area is 181 Å². The summed E-state index contributed by atoms with van der Waals surface area (Å²) in [5.41, 5.74) is 1.23. The minimum Gasteiger partial charge on any atom is -0.457 e. The van der Waals surface area contributed by atoms with Gasteiger partial charge in [0, 0.05) is 10.6 Å². The van der Waals surface area contributed by atoms with E-state index < -0.39 is 18.0 Å². The first-order chi connectivity index (χ1) is 14.5. The smallest absolute Gasteiger partial charge is 0.315 e. The number of halogens is 1. The molecular weight excluding hydrogens is 398 g/mol. The van der Waals surface area contributed by atoms with E-state index in [0.29, 0.717) is 27.6 Å². The van der Waals surface area contributed by atoms with Gasteiger partial charge >= 0.3 is 5.97 Å². The van der Waals surface area contributed by atoms with E-state index >= 15 is 0 Å². The minimum atomic E-state index is -1.06. The molecule has 0 fully saturated rings. The lowest BCUT2D eigenvalue weighted by atomic mass is 9.88. The van der Waals surface area contributed by atoms with Crippen LogP contribution in [0.15, 0.2) is 78.9 Å². The van der Waals surface area contributed by atoms with E-state index in [1.165, 1.54) is 0 Å². The van der Waals surface area contributed by atoms with E-state index in [1.807, 2.05) is 62.4 Å². The van der Waals surface area contributed by atoms with Crippen molar-refractivity contribution in [3.63, 3.8) is 0 Å². The van der Waals surface area contributed by atoms with Crippen molar-refractivity contribution in [2.45, 2.75) is 25.9 Å². The molecule has 0 amide bonds. The van der Waals surface area contributed by atoms with E-state index in [4.69, 9.17) is 21.1 Å². The highest BCUT2D eigenvalue weighted by molar-refractivity contribution is 6.31. The highest BCUT2D eigenvalue weighted by atomic mass is 35.5. The number of benzene rings is 3. The van der Waals surface area contributed by atoms with Crippen LogP contribution in [0.3, 0.4) is 0 Å². The molecule has 3 rings (SSSR count). The molecule has 5 heteroatoms. The van der Waals surface area contributed by atoms with Crippen molar-refractivity contribution in [2.75, 3.05) is 0 Å². The Morgan fingerprint density at radius 1 is 0.933 bits per heavy atom. The van der Waals surface area contributed by atoms with E-state index in [-0.39, 0.29) is 5.92 Å². The Morgan fingerprint density at radius 3 is 2.27 bits per heavy atom. The number of esters is 1. The summed E-state index contributed by atoms with van der Waals surface area (Å²) in [6, 6.07) is 25.6. The second kappa shape index (κ2) is 9.96. The summed E-state index contributed by atoms with van der Waals surface area (Å²) in [5, 5.41) is 10.2. The Kier molecular flexibility index (Phi) is 7.11. The molecule has 0 heterocycles. The van der Waals surface area contributed by atoms with Gasteiger partial charge in [-0.2, -0.15) is 5.26 Å². The normalized spacial score (nSPS) is 12.6. The molecule has 3 aromatic carbocycles. The number of nitriles is 1. The lowest BCUT2D eigenvalue weighted by Gasteiger charge is -2.22. The molecule has 0 N–H and O–H groups in total. The van der Waals surface area contributed by atoms with Gasteiger partial charge in [0.05, 0.1) is 5.92 Å². The highest BCUT2D eigenvalue weighted by Gasteiger charge is 2.30. The molecule has 30 heavy (non-hydrogen) atoms. The summed E-state index contributed by atoms with van der Waals surface area (Å²) < 4.78 is 11.4. The fourth-order valence-electron chi connectivity index (χ4n) is 3.21. The van der Waals surface area contributed by atoms with Crippen molar-refractivity contribution in [2.24, 2.45) is 5.92 Å². The summed E-state index contributed by atoms with van der Waals surface area (Å²) in [7, 11) is 0. The standard InChI is InChI=1S/C25H22ClNO3/c1-17(2)24(21-13-6-7-14-22(21)26)25(28)30-23(16-27)18-9-8-12-20(15-18)29-19-10-4-3-5-11-19/h3-15,17,23-24H,1-2H3/t23-,24+/m1/s1. The lowest BCUT2D eigenvalue weighted by molar-refractivity contribution is -0.150. The minimum absolute atomic E-state index is 0.0514. The van der Waals surface area contributed by atoms with Gasteiger partial charge in [-0.25, -0.2) is 0 Å². The van der Waals surface area contributed by atoms with Gasteiger partial charge < -0.3 is 9.47 Å². The average molecular weight is 420 g/mol. The molecule has 0 unspecified atom stereocenters. The molecule has 0 saturated heterocycles. The molecule has 0 bridgehead atoms. The van der Waals surface area contributed by atoms with Gasteiger partial charge in [-0.1, -0.05) is 74.0 Å². The van der Waals surface area contributed by atoms with Gasteiger partial charge in [0.25, 0.3) is 0 Å². The van der Waals surface area contributed by atoms with Crippen LogP contribution in [0.1, 0.15) is 37.0 Å². The van der Waals surface area contributed by atoms with E-state index in [2.05, 4.69) is 6.07 Å². The molecule has 0 aliphatic heterocycles. The highest BCUT2D eigenvalue weighted by Crippen LogP contribution is 2.33. The number of ether oxygens (including phenoxy) is 2. The molecule has 3 aromatic rings. The van der Waals surface area contributed by atoms with Crippen molar-refractivity contribution >= 4 is 17.6 Å². The predicted octanol–water partition coefficient (Wildman–Crippen LogP) is 6.68. The van der Waals surface area contributed by atoms with E-state index in [9.17, 15) is 10.1 Å². The zero-order chi connectivity index (χ0) is 21.5. The number of carbonyl (C=O) groups excluding carboxylic acids is 1. The molecule has 0 aliphatic carbocycles. The number of hydrogen-bond acceptors (Lipinski definition) is 4. The van der Waals surface area contributed by atoms with Crippen LogP contribution in [-0.2, 0) is 9.53 Å². The number of carbonyl (C=O) groups is 1. The molecule has 0 spiro atoms. The third-order valence-corrected chi connectivity index (χ3v) is 5.00. The molecule has 4 nitrogen and oxygen atoms in total. The van der Waals surface area contributed by atoms with Crippen LogP contribution in [0.2, 0.25) is 5.02 Å². The topological polar surface area (TPSA) is 59.3 Å². The summed E-state index contributed by atoms with van der Waals surface area (Å²) in [4.78, 5) is 13.0. The van der Waals surface area contributed by atoms with Crippen LogP contribution in [0, 0.1) is 17.2 Å². The van der Waals surface area contributed by atoms with Crippen molar-refractivity contribution in [3.8, 4) is 17.6 Å². The van der Waals surface area contributed by atoms with Gasteiger partial charge in [0.15, 0.2) is 0 Å². The van der Waals surface area contributed by atoms with Crippen molar-refractivity contribution in [1.82, 2.24) is 0 Å². The predicted molar refractivity (Wildman–Crippen MR) is 116 cm³/mol. The quantitative estimate of drug-likeness (QED) is 0.401. The Bertz CT molecular complexity index is 1040. The fourth-order valence-corrected chi connectivity index (χ4v) is 3.46. The average Bonchev–Trinajstić information content (AvgIpc) is 2.74. The fraction of sp³-hybridized carbons (Fsp3) is 0.200. The zero-order valence-corrected chi connectivity index (χ0v) is 17.5. The second-order valence-electron chi connectivity index (χ2n) is 7.18. The number of hydrogen-bond donors (Lipinski definition) is 0.